The van der Waals surface area contributed by atoms with Crippen LogP contribution in [0.2, 0.25) is 0 Å². The van der Waals surface area contributed by atoms with Crippen LogP contribution in [0.4, 0.5) is 0 Å². The molecule has 0 N–H and O–H groups in total. The average Bonchev–Trinajstić information content (AvgIpc) is 2.48. The quantitative estimate of drug-likeness (QED) is 0.352. The topological polar surface area (TPSA) is 18.5 Å². The van der Waals surface area contributed by atoms with Crippen LogP contribution in [0.15, 0.2) is 24.3 Å². The summed E-state index contributed by atoms with van der Waals surface area (Å²) >= 11 is 0. The van der Waals surface area contributed by atoms with Gasteiger partial charge in [0.2, 0.25) is 0 Å². The molecule has 1 aromatic carbocycles. The second-order valence-corrected chi connectivity index (χ2v) is 5.57. The normalized spacial score (nSPS) is 12.3. The molecule has 0 saturated carbocycles. The molecule has 1 rings (SSSR count). The van der Waals surface area contributed by atoms with Crippen molar-refractivity contribution in [1.29, 1.82) is 0 Å². The maximum Gasteiger partial charge on any atom is 0.197 e. The van der Waals surface area contributed by atoms with Crippen molar-refractivity contribution in [2.75, 3.05) is 0 Å². The first-order valence-corrected chi connectivity index (χ1v) is 8.45. The average molecular weight is 291 g/mol. The molecule has 21 heavy (non-hydrogen) atoms. The standard InChI is InChI=1S/C19H31O2/c1-4-6-7-8-9-10-11-12-18-13-15-19(16-14-18)21-17(3)20-5-2/h5,13-17H,4,6-12H2,1-3H3. The molecule has 0 aliphatic rings. The minimum atomic E-state index is -0.232. The number of benzene rings is 1. The first-order chi connectivity index (χ1) is 10.3. The highest BCUT2D eigenvalue weighted by Gasteiger charge is 2.02. The minimum absolute atomic E-state index is 0.232. The summed E-state index contributed by atoms with van der Waals surface area (Å²) in [5.41, 5.74) is 1.39. The van der Waals surface area contributed by atoms with Gasteiger partial charge in [-0.1, -0.05) is 57.6 Å². The number of hydrogen-bond acceptors (Lipinski definition) is 2. The molecule has 0 fully saturated rings. The Morgan fingerprint density at radius 3 is 2.19 bits per heavy atom. The molecule has 0 amide bonds. The lowest BCUT2D eigenvalue weighted by Crippen LogP contribution is -2.14. The Morgan fingerprint density at radius 1 is 0.952 bits per heavy atom. The Labute approximate surface area is 130 Å². The van der Waals surface area contributed by atoms with E-state index in [1.165, 1.54) is 56.9 Å². The molecule has 0 aliphatic carbocycles. The van der Waals surface area contributed by atoms with Gasteiger partial charge in [0.25, 0.3) is 0 Å². The Morgan fingerprint density at radius 2 is 1.57 bits per heavy atom. The van der Waals surface area contributed by atoms with E-state index in [0.29, 0.717) is 0 Å². The van der Waals surface area contributed by atoms with Crippen LogP contribution in [0.25, 0.3) is 0 Å². The van der Waals surface area contributed by atoms with E-state index in [1.54, 1.807) is 6.61 Å². The van der Waals surface area contributed by atoms with E-state index in [0.717, 1.165) is 5.75 Å². The highest BCUT2D eigenvalue weighted by Crippen LogP contribution is 2.16. The van der Waals surface area contributed by atoms with Crippen LogP contribution in [0.1, 0.15) is 71.3 Å². The second-order valence-electron chi connectivity index (χ2n) is 5.57. The van der Waals surface area contributed by atoms with Crippen molar-refractivity contribution in [1.82, 2.24) is 0 Å². The number of rotatable bonds is 12. The maximum absolute atomic E-state index is 5.64. The fourth-order valence-corrected chi connectivity index (χ4v) is 2.43. The first-order valence-electron chi connectivity index (χ1n) is 8.45. The van der Waals surface area contributed by atoms with Gasteiger partial charge in [-0.3, -0.25) is 0 Å². The largest absolute Gasteiger partial charge is 0.465 e. The maximum atomic E-state index is 5.64. The van der Waals surface area contributed by atoms with Crippen molar-refractivity contribution in [3.8, 4) is 5.75 Å². The van der Waals surface area contributed by atoms with Crippen molar-refractivity contribution >= 4 is 0 Å². The van der Waals surface area contributed by atoms with E-state index in [-0.39, 0.29) is 6.29 Å². The molecule has 1 unspecified atom stereocenters. The van der Waals surface area contributed by atoms with E-state index < -0.39 is 0 Å². The third kappa shape index (κ3) is 8.77. The van der Waals surface area contributed by atoms with Gasteiger partial charge in [-0.25, -0.2) is 0 Å². The first kappa shape index (κ1) is 18.0. The SMILES string of the molecule is C[CH]OC(C)Oc1ccc(CCCCCCCCC)cc1. The van der Waals surface area contributed by atoms with Crippen molar-refractivity contribution in [3.05, 3.63) is 36.4 Å². The molecule has 0 saturated heterocycles. The molecular weight excluding hydrogens is 260 g/mol. The zero-order valence-corrected chi connectivity index (χ0v) is 13.9. The molecule has 119 valence electrons. The Balaban J connectivity index is 2.16. The molecule has 0 aromatic heterocycles. The molecule has 0 bridgehead atoms. The summed E-state index contributed by atoms with van der Waals surface area (Å²) in [6.07, 6.45) is 10.5. The monoisotopic (exact) mass is 291 g/mol. The fraction of sp³-hybridized carbons (Fsp3) is 0.632. The number of aryl methyl sites for hydroxylation is 1. The zero-order chi connectivity index (χ0) is 15.3. The van der Waals surface area contributed by atoms with Crippen LogP contribution in [0.5, 0.6) is 5.75 Å². The van der Waals surface area contributed by atoms with E-state index >= 15 is 0 Å². The summed E-state index contributed by atoms with van der Waals surface area (Å²) in [6.45, 7) is 7.66. The minimum Gasteiger partial charge on any atom is -0.465 e. The lowest BCUT2D eigenvalue weighted by molar-refractivity contribution is -0.0334. The Kier molecular flexibility index (Phi) is 9.98. The van der Waals surface area contributed by atoms with Gasteiger partial charge in [-0.2, -0.15) is 0 Å². The van der Waals surface area contributed by atoms with Gasteiger partial charge in [0.15, 0.2) is 6.29 Å². The predicted molar refractivity (Wildman–Crippen MR) is 89.3 cm³/mol. The molecule has 2 nitrogen and oxygen atoms in total. The number of unbranched alkanes of at least 4 members (excludes halogenated alkanes) is 6. The molecule has 1 atom stereocenters. The summed E-state index contributed by atoms with van der Waals surface area (Å²) in [4.78, 5) is 0. The fourth-order valence-electron chi connectivity index (χ4n) is 2.43. The number of hydrogen-bond donors (Lipinski definition) is 0. The summed E-state index contributed by atoms with van der Waals surface area (Å²) in [6, 6.07) is 8.39. The zero-order valence-electron chi connectivity index (χ0n) is 13.9. The van der Waals surface area contributed by atoms with Crippen molar-refractivity contribution in [3.63, 3.8) is 0 Å². The van der Waals surface area contributed by atoms with Crippen molar-refractivity contribution in [2.45, 2.75) is 78.4 Å². The molecule has 1 radical (unpaired) electrons. The second kappa shape index (κ2) is 11.6. The van der Waals surface area contributed by atoms with E-state index in [9.17, 15) is 0 Å². The van der Waals surface area contributed by atoms with Crippen LogP contribution >= 0.6 is 0 Å². The van der Waals surface area contributed by atoms with Gasteiger partial charge in [0.1, 0.15) is 5.75 Å². The molecule has 0 spiro atoms. The van der Waals surface area contributed by atoms with Crippen LogP contribution in [0, 0.1) is 6.61 Å². The van der Waals surface area contributed by atoms with Gasteiger partial charge in [0.05, 0.1) is 6.61 Å². The van der Waals surface area contributed by atoms with Gasteiger partial charge in [0, 0.05) is 0 Å². The third-order valence-electron chi connectivity index (χ3n) is 3.62. The van der Waals surface area contributed by atoms with Crippen LogP contribution in [-0.2, 0) is 11.2 Å². The molecule has 0 heterocycles. The Bertz CT molecular complexity index is 345. The summed E-state index contributed by atoms with van der Waals surface area (Å²) in [7, 11) is 0. The predicted octanol–water partition coefficient (Wildman–Crippen LogP) is 5.90. The highest BCUT2D eigenvalue weighted by molar-refractivity contribution is 5.27. The summed E-state index contributed by atoms with van der Waals surface area (Å²) < 4.78 is 10.9. The van der Waals surface area contributed by atoms with Crippen LogP contribution in [0.3, 0.4) is 0 Å². The van der Waals surface area contributed by atoms with Gasteiger partial charge in [-0.05, 0) is 44.4 Å². The van der Waals surface area contributed by atoms with Crippen molar-refractivity contribution in [2.24, 2.45) is 0 Å². The molecular formula is C19H31O2. The summed E-state index contributed by atoms with van der Waals surface area (Å²) in [5, 5.41) is 0. The molecule has 0 aliphatic heterocycles. The van der Waals surface area contributed by atoms with E-state index in [4.69, 9.17) is 9.47 Å². The summed E-state index contributed by atoms with van der Waals surface area (Å²) in [5.74, 6) is 0.868. The molecule has 1 aromatic rings. The smallest absolute Gasteiger partial charge is 0.197 e. The van der Waals surface area contributed by atoms with Gasteiger partial charge in [-0.15, -0.1) is 0 Å². The van der Waals surface area contributed by atoms with Gasteiger partial charge < -0.3 is 9.47 Å². The van der Waals surface area contributed by atoms with Crippen LogP contribution < -0.4 is 4.74 Å². The van der Waals surface area contributed by atoms with Crippen molar-refractivity contribution < 1.29 is 9.47 Å². The van der Waals surface area contributed by atoms with Gasteiger partial charge >= 0.3 is 0 Å². The van der Waals surface area contributed by atoms with E-state index in [1.807, 2.05) is 26.0 Å². The lowest BCUT2D eigenvalue weighted by atomic mass is 10.0. The lowest BCUT2D eigenvalue weighted by Gasteiger charge is -2.14. The Hall–Kier alpha value is -1.02. The molecule has 2 heteroatoms. The third-order valence-corrected chi connectivity index (χ3v) is 3.62. The highest BCUT2D eigenvalue weighted by atomic mass is 16.7. The van der Waals surface area contributed by atoms with E-state index in [2.05, 4.69) is 19.1 Å². The van der Waals surface area contributed by atoms with Crippen LogP contribution in [-0.4, -0.2) is 6.29 Å². The number of ether oxygens (including phenoxy) is 2.